The van der Waals surface area contributed by atoms with E-state index in [0.29, 0.717) is 18.0 Å². The van der Waals surface area contributed by atoms with Crippen molar-refractivity contribution >= 4 is 0 Å². The van der Waals surface area contributed by atoms with Crippen molar-refractivity contribution in [3.63, 3.8) is 0 Å². The molecular weight excluding hydrogens is 160 g/mol. The lowest BCUT2D eigenvalue weighted by atomic mass is 10.1. The van der Waals surface area contributed by atoms with Gasteiger partial charge < -0.3 is 16.8 Å². The predicted molar refractivity (Wildman–Crippen MR) is 45.9 cm³/mol. The van der Waals surface area contributed by atoms with E-state index in [1.54, 1.807) is 0 Å². The highest BCUT2D eigenvalue weighted by atomic mass is 17.0. The summed E-state index contributed by atoms with van der Waals surface area (Å²) in [6.45, 7) is 3.67. The van der Waals surface area contributed by atoms with Gasteiger partial charge in [-0.2, -0.15) is 0 Å². The van der Waals surface area contributed by atoms with E-state index in [1.807, 2.05) is 13.8 Å². The Morgan fingerprint density at radius 2 is 1.92 bits per heavy atom. The zero-order chi connectivity index (χ0) is 9.78. The molecule has 6 nitrogen and oxygen atoms in total. The Kier molecular flexibility index (Phi) is 4.61. The molecule has 0 saturated carbocycles. The minimum absolute atomic E-state index is 0.194. The molecule has 0 aromatic carbocycles. The van der Waals surface area contributed by atoms with Gasteiger partial charge in [-0.15, -0.1) is 0 Å². The number of rotatable bonds is 5. The van der Waals surface area contributed by atoms with Crippen molar-refractivity contribution in [2.75, 3.05) is 7.05 Å². The second kappa shape index (κ2) is 4.70. The van der Waals surface area contributed by atoms with Crippen LogP contribution < -0.4 is 5.73 Å². The number of hydrogen-bond acceptors (Lipinski definition) is 5. The molecule has 0 unspecified atom stereocenters. The average molecular weight is 176 g/mol. The second-order valence-corrected chi connectivity index (χ2v) is 2.63. The van der Waals surface area contributed by atoms with Crippen LogP contribution in [0.25, 0.3) is 5.84 Å². The zero-order valence-corrected chi connectivity index (χ0v) is 7.70. The van der Waals surface area contributed by atoms with Gasteiger partial charge in [0.2, 0.25) is 0 Å². The fraction of sp³-hybridized carbons (Fsp3) is 1.00. The minimum atomic E-state index is -0.890. The average Bonchev–Trinajstić information content (AvgIpc) is 2.02. The van der Waals surface area contributed by atoms with Crippen molar-refractivity contribution in [1.29, 1.82) is 0 Å². The van der Waals surface area contributed by atoms with Crippen molar-refractivity contribution in [2.45, 2.75) is 32.4 Å². The number of nitrogens with two attached hydrogens (primary N) is 1. The molecule has 74 valence electrons. The fourth-order valence-electron chi connectivity index (χ4n) is 0.734. The van der Waals surface area contributed by atoms with Gasteiger partial charge in [0.25, 0.3) is 0 Å². The first-order valence-corrected chi connectivity index (χ1v) is 3.85. The molecule has 6 heteroatoms. The standard InChI is InChI=1S/C6H16N4O2/c1-4-6(7,5-2)10(8)12-9(3)11/h8H,4-5,7H2,1-3H3/q-2. The molecule has 0 aliphatic rings. The van der Waals surface area contributed by atoms with Crippen LogP contribution in [-0.2, 0) is 4.94 Å². The van der Waals surface area contributed by atoms with Crippen molar-refractivity contribution in [1.82, 2.24) is 10.4 Å². The molecule has 3 N–H and O–H groups in total. The number of hydrogen-bond donors (Lipinski definition) is 1. The molecule has 0 radical (unpaired) electrons. The molecule has 0 saturated heterocycles. The number of nitrogens with one attached hydrogen (secondary N) is 1. The summed E-state index contributed by atoms with van der Waals surface area (Å²) in [5, 5.41) is 11.2. The summed E-state index contributed by atoms with van der Waals surface area (Å²) in [7, 11) is 1.16. The van der Waals surface area contributed by atoms with Gasteiger partial charge in [-0.05, 0) is 12.8 Å². The Hall–Kier alpha value is -0.240. The molecule has 0 rings (SSSR count). The van der Waals surface area contributed by atoms with E-state index < -0.39 is 5.66 Å². The van der Waals surface area contributed by atoms with Crippen LogP contribution in [0, 0.1) is 5.21 Å². The van der Waals surface area contributed by atoms with E-state index in [1.165, 1.54) is 0 Å². The lowest BCUT2D eigenvalue weighted by Gasteiger charge is -2.45. The second-order valence-electron chi connectivity index (χ2n) is 2.63. The van der Waals surface area contributed by atoms with Gasteiger partial charge in [0.15, 0.2) is 0 Å². The molecular formula is C6H16N4O2-2. The van der Waals surface area contributed by atoms with Crippen molar-refractivity contribution in [2.24, 2.45) is 5.73 Å². The predicted octanol–water partition coefficient (Wildman–Crippen LogP) is 1.01. The maximum atomic E-state index is 10.4. The summed E-state index contributed by atoms with van der Waals surface area (Å²) >= 11 is 0. The largest absolute Gasteiger partial charge is 0.761 e. The lowest BCUT2D eigenvalue weighted by Crippen LogP contribution is -2.52. The smallest absolute Gasteiger partial charge is 0.0746 e. The third kappa shape index (κ3) is 3.02. The van der Waals surface area contributed by atoms with Crippen molar-refractivity contribution < 1.29 is 4.94 Å². The lowest BCUT2D eigenvalue weighted by molar-refractivity contribution is -0.309. The van der Waals surface area contributed by atoms with Gasteiger partial charge in [0, 0.05) is 7.05 Å². The summed E-state index contributed by atoms with van der Waals surface area (Å²) in [6.07, 6.45) is 1.08. The zero-order valence-electron chi connectivity index (χ0n) is 7.70. The summed E-state index contributed by atoms with van der Waals surface area (Å²) in [5.74, 6) is 7.30. The first-order valence-electron chi connectivity index (χ1n) is 3.85. The van der Waals surface area contributed by atoms with E-state index in [-0.39, 0.29) is 5.23 Å². The van der Waals surface area contributed by atoms with Gasteiger partial charge in [-0.3, -0.25) is 0 Å². The topological polar surface area (TPSA) is 88.6 Å². The fourth-order valence-corrected chi connectivity index (χ4v) is 0.734. The normalized spacial score (nSPS) is 13.0. The summed E-state index contributed by atoms with van der Waals surface area (Å²) < 4.78 is 0. The molecule has 0 aromatic heterocycles. The van der Waals surface area contributed by atoms with Crippen LogP contribution in [0.5, 0.6) is 0 Å². The highest BCUT2D eigenvalue weighted by Gasteiger charge is 2.22. The van der Waals surface area contributed by atoms with E-state index in [4.69, 9.17) is 11.6 Å². The first-order chi connectivity index (χ1) is 5.46. The number of nitrogens with zero attached hydrogens (tertiary/aromatic N) is 2. The Morgan fingerprint density at radius 3 is 2.17 bits per heavy atom. The van der Waals surface area contributed by atoms with Crippen LogP contribution in [0.1, 0.15) is 26.7 Å². The molecule has 0 aromatic rings. The van der Waals surface area contributed by atoms with E-state index in [9.17, 15) is 5.21 Å². The van der Waals surface area contributed by atoms with Gasteiger partial charge >= 0.3 is 0 Å². The van der Waals surface area contributed by atoms with E-state index in [2.05, 4.69) is 4.94 Å². The van der Waals surface area contributed by atoms with Crippen LogP contribution >= 0.6 is 0 Å². The Morgan fingerprint density at radius 1 is 1.50 bits per heavy atom. The van der Waals surface area contributed by atoms with Crippen LogP contribution in [0.15, 0.2) is 0 Å². The van der Waals surface area contributed by atoms with Crippen LogP contribution in [0.2, 0.25) is 0 Å². The first kappa shape index (κ1) is 11.8. The van der Waals surface area contributed by atoms with Gasteiger partial charge in [0.1, 0.15) is 0 Å². The van der Waals surface area contributed by atoms with E-state index >= 15 is 0 Å². The molecule has 0 amide bonds. The van der Waals surface area contributed by atoms with E-state index in [0.717, 1.165) is 7.05 Å². The molecule has 0 heterocycles. The molecule has 12 heavy (non-hydrogen) atoms. The third-order valence-electron chi connectivity index (χ3n) is 1.83. The summed E-state index contributed by atoms with van der Waals surface area (Å²) in [5.41, 5.74) is 4.85. The quantitative estimate of drug-likeness (QED) is 0.498. The Labute approximate surface area is 72.5 Å². The van der Waals surface area contributed by atoms with Crippen molar-refractivity contribution in [3.8, 4) is 0 Å². The molecule has 0 aliphatic heterocycles. The van der Waals surface area contributed by atoms with Crippen molar-refractivity contribution in [3.05, 3.63) is 11.0 Å². The van der Waals surface area contributed by atoms with Crippen LogP contribution in [0.4, 0.5) is 0 Å². The molecule has 0 atom stereocenters. The minimum Gasteiger partial charge on any atom is -0.761 e. The maximum absolute atomic E-state index is 10.4. The SMILES string of the molecule is CCC(N)(CC)N([NH-])ON(C)[O-]. The molecule has 0 aliphatic carbocycles. The monoisotopic (exact) mass is 176 g/mol. The van der Waals surface area contributed by atoms with Crippen LogP contribution in [0.3, 0.4) is 0 Å². The van der Waals surface area contributed by atoms with Crippen LogP contribution in [-0.4, -0.2) is 23.1 Å². The molecule has 0 bridgehead atoms. The van der Waals surface area contributed by atoms with Gasteiger partial charge in [-0.25, -0.2) is 15.3 Å². The number of hydroxylamine groups is 3. The third-order valence-corrected chi connectivity index (χ3v) is 1.83. The van der Waals surface area contributed by atoms with Gasteiger partial charge in [-0.1, -0.05) is 13.8 Å². The molecule has 0 fully saturated rings. The maximum Gasteiger partial charge on any atom is 0.0746 e. The molecule has 0 spiro atoms. The Bertz CT molecular complexity index is 127. The van der Waals surface area contributed by atoms with Gasteiger partial charge in [0.05, 0.1) is 5.66 Å². The summed E-state index contributed by atoms with van der Waals surface area (Å²) in [6, 6.07) is 0. The Balaban J connectivity index is 4.11. The highest BCUT2D eigenvalue weighted by molar-refractivity contribution is 4.77. The highest BCUT2D eigenvalue weighted by Crippen LogP contribution is 2.17. The summed E-state index contributed by atoms with van der Waals surface area (Å²) in [4.78, 5) is 4.45.